The Labute approximate surface area is 104 Å². The predicted molar refractivity (Wildman–Crippen MR) is 61.3 cm³/mol. The Morgan fingerprint density at radius 3 is 2.78 bits per heavy atom. The van der Waals surface area contributed by atoms with E-state index in [1.54, 1.807) is 0 Å². The van der Waals surface area contributed by atoms with E-state index in [9.17, 15) is 0 Å². The van der Waals surface area contributed by atoms with Crippen molar-refractivity contribution < 1.29 is 13.8 Å². The van der Waals surface area contributed by atoms with Crippen molar-refractivity contribution in [3.63, 3.8) is 0 Å². The maximum Gasteiger partial charge on any atom is 0.231 e. The van der Waals surface area contributed by atoms with Gasteiger partial charge in [-0.1, -0.05) is 10.3 Å². The number of aryl methyl sites for hydroxylation is 2. The van der Waals surface area contributed by atoms with Crippen LogP contribution in [0.15, 0.2) is 9.05 Å². The minimum Gasteiger partial charge on any atom is -0.381 e. The van der Waals surface area contributed by atoms with Crippen molar-refractivity contribution in [3.05, 3.63) is 28.7 Å². The summed E-state index contributed by atoms with van der Waals surface area (Å²) in [6.07, 6.45) is 1.53. The highest BCUT2D eigenvalue weighted by molar-refractivity contribution is 5.24. The zero-order valence-electron chi connectivity index (χ0n) is 10.5. The zero-order valence-corrected chi connectivity index (χ0v) is 10.5. The monoisotopic (exact) mass is 249 g/mol. The number of rotatable bonds is 3. The van der Waals surface area contributed by atoms with Gasteiger partial charge < -0.3 is 13.8 Å². The highest BCUT2D eigenvalue weighted by Gasteiger charge is 2.23. The Morgan fingerprint density at radius 1 is 1.22 bits per heavy atom. The van der Waals surface area contributed by atoms with E-state index in [4.69, 9.17) is 13.8 Å². The molecule has 0 aromatic carbocycles. The summed E-state index contributed by atoms with van der Waals surface area (Å²) in [6.45, 7) is 5.26. The Morgan fingerprint density at radius 2 is 2.11 bits per heavy atom. The Balaban J connectivity index is 1.77. The topological polar surface area (TPSA) is 74.2 Å². The number of hydrogen-bond acceptors (Lipinski definition) is 6. The molecule has 1 aliphatic rings. The van der Waals surface area contributed by atoms with Gasteiger partial charge in [-0.05, 0) is 20.3 Å². The minimum absolute atomic E-state index is 0.271. The number of ether oxygens (including phenoxy) is 1. The van der Waals surface area contributed by atoms with Crippen LogP contribution in [0.3, 0.4) is 0 Å². The van der Waals surface area contributed by atoms with Crippen LogP contribution in [-0.4, -0.2) is 28.5 Å². The van der Waals surface area contributed by atoms with Crippen LogP contribution < -0.4 is 0 Å². The third-order valence-electron chi connectivity index (χ3n) is 3.29. The summed E-state index contributed by atoms with van der Waals surface area (Å²) in [6, 6.07) is 0. The van der Waals surface area contributed by atoms with Crippen molar-refractivity contribution in [1.82, 2.24) is 15.3 Å². The molecule has 2 aromatic heterocycles. The van der Waals surface area contributed by atoms with Crippen LogP contribution in [0.2, 0.25) is 0 Å². The lowest BCUT2D eigenvalue weighted by Gasteiger charge is -1.97. The fraction of sp³-hybridized carbons (Fsp3) is 0.583. The molecule has 0 amide bonds. The summed E-state index contributed by atoms with van der Waals surface area (Å²) in [4.78, 5) is 4.42. The maximum atomic E-state index is 5.32. The Hall–Kier alpha value is -1.69. The smallest absolute Gasteiger partial charge is 0.231 e. The molecular weight excluding hydrogens is 234 g/mol. The van der Waals surface area contributed by atoms with Gasteiger partial charge in [0.25, 0.3) is 0 Å². The van der Waals surface area contributed by atoms with E-state index >= 15 is 0 Å². The van der Waals surface area contributed by atoms with Crippen molar-refractivity contribution in [2.24, 2.45) is 0 Å². The summed E-state index contributed by atoms with van der Waals surface area (Å²) in [7, 11) is 0. The van der Waals surface area contributed by atoms with Gasteiger partial charge in [-0.15, -0.1) is 0 Å². The van der Waals surface area contributed by atoms with Crippen molar-refractivity contribution in [2.75, 3.05) is 13.2 Å². The van der Waals surface area contributed by atoms with Gasteiger partial charge in [-0.3, -0.25) is 0 Å². The van der Waals surface area contributed by atoms with Gasteiger partial charge in [0.1, 0.15) is 5.76 Å². The fourth-order valence-corrected chi connectivity index (χ4v) is 2.15. The lowest BCUT2D eigenvalue weighted by atomic mass is 10.1. The van der Waals surface area contributed by atoms with E-state index in [0.717, 1.165) is 35.9 Å². The average Bonchev–Trinajstić information content (AvgIpc) is 3.06. The highest BCUT2D eigenvalue weighted by Crippen LogP contribution is 2.23. The molecule has 1 fully saturated rings. The second-order valence-corrected chi connectivity index (χ2v) is 4.59. The third kappa shape index (κ3) is 2.03. The first-order valence-corrected chi connectivity index (χ1v) is 6.06. The molecule has 1 unspecified atom stereocenters. The standard InChI is InChI=1S/C12H15N3O3/c1-7-10(8(2)17-14-7)5-11-13-12(15-18-11)9-3-4-16-6-9/h9H,3-6H2,1-2H3. The molecule has 2 aromatic rings. The molecule has 6 heteroatoms. The van der Waals surface area contributed by atoms with Crippen LogP contribution in [0.1, 0.15) is 41.1 Å². The second kappa shape index (κ2) is 4.53. The minimum atomic E-state index is 0.271. The van der Waals surface area contributed by atoms with E-state index in [-0.39, 0.29) is 5.92 Å². The first-order chi connectivity index (χ1) is 8.74. The van der Waals surface area contributed by atoms with Crippen molar-refractivity contribution >= 4 is 0 Å². The molecule has 1 aliphatic heterocycles. The quantitative estimate of drug-likeness (QED) is 0.825. The number of aromatic nitrogens is 3. The van der Waals surface area contributed by atoms with Gasteiger partial charge in [-0.25, -0.2) is 0 Å². The van der Waals surface area contributed by atoms with Gasteiger partial charge in [0.15, 0.2) is 5.82 Å². The lowest BCUT2D eigenvalue weighted by Crippen LogP contribution is -2.00. The summed E-state index contributed by atoms with van der Waals surface area (Å²) < 4.78 is 15.7. The molecule has 0 bridgehead atoms. The Bertz CT molecular complexity index is 521. The van der Waals surface area contributed by atoms with Crippen LogP contribution in [0.25, 0.3) is 0 Å². The van der Waals surface area contributed by atoms with Gasteiger partial charge in [0.05, 0.1) is 18.7 Å². The molecule has 3 rings (SSSR count). The third-order valence-corrected chi connectivity index (χ3v) is 3.29. The Kier molecular flexibility index (Phi) is 2.87. The van der Waals surface area contributed by atoms with Gasteiger partial charge in [0.2, 0.25) is 5.89 Å². The van der Waals surface area contributed by atoms with E-state index in [0.29, 0.717) is 18.9 Å². The van der Waals surface area contributed by atoms with E-state index in [2.05, 4.69) is 15.3 Å². The van der Waals surface area contributed by atoms with Crippen molar-refractivity contribution in [3.8, 4) is 0 Å². The molecule has 96 valence electrons. The average molecular weight is 249 g/mol. The fourth-order valence-electron chi connectivity index (χ4n) is 2.15. The van der Waals surface area contributed by atoms with E-state index in [1.807, 2.05) is 13.8 Å². The van der Waals surface area contributed by atoms with Crippen LogP contribution >= 0.6 is 0 Å². The van der Waals surface area contributed by atoms with E-state index < -0.39 is 0 Å². The van der Waals surface area contributed by atoms with Crippen molar-refractivity contribution in [2.45, 2.75) is 32.6 Å². The lowest BCUT2D eigenvalue weighted by molar-refractivity contribution is 0.192. The van der Waals surface area contributed by atoms with Crippen molar-refractivity contribution in [1.29, 1.82) is 0 Å². The zero-order chi connectivity index (χ0) is 12.5. The molecule has 6 nitrogen and oxygen atoms in total. The largest absolute Gasteiger partial charge is 0.381 e. The van der Waals surface area contributed by atoms with Gasteiger partial charge in [0, 0.05) is 18.1 Å². The van der Waals surface area contributed by atoms with Gasteiger partial charge >= 0.3 is 0 Å². The molecule has 1 atom stereocenters. The SMILES string of the molecule is Cc1noc(C)c1Cc1nc(C2CCOC2)no1. The summed E-state index contributed by atoms with van der Waals surface area (Å²) >= 11 is 0. The van der Waals surface area contributed by atoms with Crippen LogP contribution in [-0.2, 0) is 11.2 Å². The van der Waals surface area contributed by atoms with Crippen LogP contribution in [0, 0.1) is 13.8 Å². The summed E-state index contributed by atoms with van der Waals surface area (Å²) in [5.41, 5.74) is 1.89. The highest BCUT2D eigenvalue weighted by atomic mass is 16.5. The second-order valence-electron chi connectivity index (χ2n) is 4.59. The number of hydrogen-bond donors (Lipinski definition) is 0. The first-order valence-electron chi connectivity index (χ1n) is 6.06. The molecule has 1 saturated heterocycles. The van der Waals surface area contributed by atoms with Crippen LogP contribution in [0.4, 0.5) is 0 Å². The molecule has 0 saturated carbocycles. The molecule has 18 heavy (non-hydrogen) atoms. The molecule has 0 spiro atoms. The normalized spacial score (nSPS) is 19.6. The molecule has 0 radical (unpaired) electrons. The molecule has 3 heterocycles. The summed E-state index contributed by atoms with van der Waals surface area (Å²) in [5, 5.41) is 7.93. The molecule has 0 aliphatic carbocycles. The molecular formula is C12H15N3O3. The molecule has 0 N–H and O–H groups in total. The predicted octanol–water partition coefficient (Wildman–Crippen LogP) is 1.77. The van der Waals surface area contributed by atoms with Gasteiger partial charge in [-0.2, -0.15) is 4.98 Å². The first kappa shape index (κ1) is 11.4. The number of nitrogens with zero attached hydrogens (tertiary/aromatic N) is 3. The maximum absolute atomic E-state index is 5.32. The van der Waals surface area contributed by atoms with Crippen LogP contribution in [0.5, 0.6) is 0 Å². The van der Waals surface area contributed by atoms with E-state index in [1.165, 1.54) is 0 Å². The summed E-state index contributed by atoms with van der Waals surface area (Å²) in [5.74, 6) is 2.42.